The Balaban J connectivity index is 1.49. The maximum absolute atomic E-state index is 12.7. The summed E-state index contributed by atoms with van der Waals surface area (Å²) in [5, 5.41) is 2.83. The van der Waals surface area contributed by atoms with Gasteiger partial charge in [-0.1, -0.05) is 48.0 Å². The van der Waals surface area contributed by atoms with Crippen LogP contribution in [0.3, 0.4) is 0 Å². The summed E-state index contributed by atoms with van der Waals surface area (Å²) < 4.78 is 0. The molecule has 0 bridgehead atoms. The van der Waals surface area contributed by atoms with E-state index in [1.165, 1.54) is 10.5 Å². The Kier molecular flexibility index (Phi) is 6.24. The standard InChI is InChI=1S/C22H27N3O2/c1-17-7-6-10-20(15-17)21(26)23-18(2)22(27)25-13-11-24(12-14-25)16-19-8-4-3-5-9-19/h3-10,15,18H,11-14,16H2,1-2H3,(H,23,26)/p+1/t18-/m0/s1. The summed E-state index contributed by atoms with van der Waals surface area (Å²) in [6, 6.07) is 17.3. The van der Waals surface area contributed by atoms with Gasteiger partial charge in [0.05, 0.1) is 26.2 Å². The van der Waals surface area contributed by atoms with Crippen molar-refractivity contribution in [3.63, 3.8) is 0 Å². The van der Waals surface area contributed by atoms with Crippen molar-refractivity contribution in [1.82, 2.24) is 10.2 Å². The Labute approximate surface area is 161 Å². The molecule has 0 radical (unpaired) electrons. The van der Waals surface area contributed by atoms with Crippen LogP contribution in [-0.4, -0.2) is 48.9 Å². The van der Waals surface area contributed by atoms with Gasteiger partial charge in [-0.15, -0.1) is 0 Å². The first-order chi connectivity index (χ1) is 13.0. The smallest absolute Gasteiger partial charge is 0.251 e. The van der Waals surface area contributed by atoms with E-state index in [2.05, 4.69) is 29.6 Å². The summed E-state index contributed by atoms with van der Waals surface area (Å²) in [6.45, 7) is 8.01. The molecule has 2 aromatic carbocycles. The Morgan fingerprint density at radius 3 is 2.44 bits per heavy atom. The van der Waals surface area contributed by atoms with Gasteiger partial charge in [-0.05, 0) is 26.0 Å². The van der Waals surface area contributed by atoms with E-state index >= 15 is 0 Å². The first-order valence-corrected chi connectivity index (χ1v) is 9.57. The van der Waals surface area contributed by atoms with Crippen molar-refractivity contribution in [1.29, 1.82) is 0 Å². The van der Waals surface area contributed by atoms with E-state index in [4.69, 9.17) is 0 Å². The molecule has 1 heterocycles. The lowest BCUT2D eigenvalue weighted by atomic mass is 10.1. The molecule has 0 spiro atoms. The molecular weight excluding hydrogens is 338 g/mol. The van der Waals surface area contributed by atoms with Gasteiger partial charge in [0.1, 0.15) is 12.6 Å². The average molecular weight is 366 g/mol. The van der Waals surface area contributed by atoms with Crippen LogP contribution >= 0.6 is 0 Å². The molecule has 142 valence electrons. The fourth-order valence-corrected chi connectivity index (χ4v) is 3.51. The van der Waals surface area contributed by atoms with Crippen LogP contribution < -0.4 is 10.2 Å². The highest BCUT2D eigenvalue weighted by Gasteiger charge is 2.27. The molecule has 3 rings (SSSR count). The van der Waals surface area contributed by atoms with Gasteiger partial charge < -0.3 is 15.1 Å². The van der Waals surface area contributed by atoms with Gasteiger partial charge >= 0.3 is 0 Å². The van der Waals surface area contributed by atoms with Crippen LogP contribution in [0, 0.1) is 6.92 Å². The van der Waals surface area contributed by atoms with Crippen molar-refractivity contribution >= 4 is 11.8 Å². The first kappa shape index (κ1) is 19.1. The number of hydrogen-bond donors (Lipinski definition) is 2. The molecule has 1 atom stereocenters. The lowest BCUT2D eigenvalue weighted by Gasteiger charge is -2.33. The number of quaternary nitrogens is 1. The van der Waals surface area contributed by atoms with Gasteiger partial charge in [0.2, 0.25) is 5.91 Å². The zero-order valence-electron chi connectivity index (χ0n) is 16.1. The molecule has 5 heteroatoms. The van der Waals surface area contributed by atoms with Gasteiger partial charge in [0.15, 0.2) is 0 Å². The topological polar surface area (TPSA) is 53.9 Å². The molecule has 1 aliphatic heterocycles. The van der Waals surface area contributed by atoms with E-state index in [0.29, 0.717) is 5.56 Å². The van der Waals surface area contributed by atoms with Gasteiger partial charge in [-0.3, -0.25) is 9.59 Å². The lowest BCUT2D eigenvalue weighted by Crippen LogP contribution is -3.13. The van der Waals surface area contributed by atoms with Gasteiger partial charge in [-0.2, -0.15) is 0 Å². The largest absolute Gasteiger partial charge is 0.341 e. The number of amides is 2. The van der Waals surface area contributed by atoms with Crippen molar-refractivity contribution in [3.05, 3.63) is 71.3 Å². The summed E-state index contributed by atoms with van der Waals surface area (Å²) in [6.07, 6.45) is 0. The fourth-order valence-electron chi connectivity index (χ4n) is 3.51. The Morgan fingerprint density at radius 2 is 1.78 bits per heavy atom. The number of rotatable bonds is 5. The first-order valence-electron chi connectivity index (χ1n) is 9.57. The van der Waals surface area contributed by atoms with Crippen molar-refractivity contribution in [2.45, 2.75) is 26.4 Å². The van der Waals surface area contributed by atoms with E-state index < -0.39 is 6.04 Å². The summed E-state index contributed by atoms with van der Waals surface area (Å²) in [7, 11) is 0. The quantitative estimate of drug-likeness (QED) is 0.831. The van der Waals surface area contributed by atoms with Crippen LogP contribution in [0.4, 0.5) is 0 Å². The van der Waals surface area contributed by atoms with E-state index in [-0.39, 0.29) is 11.8 Å². The van der Waals surface area contributed by atoms with Gasteiger partial charge in [0, 0.05) is 11.1 Å². The van der Waals surface area contributed by atoms with Gasteiger partial charge in [-0.25, -0.2) is 0 Å². The third kappa shape index (κ3) is 5.17. The summed E-state index contributed by atoms with van der Waals surface area (Å²) in [5.41, 5.74) is 2.94. The molecule has 1 fully saturated rings. The highest BCUT2D eigenvalue weighted by molar-refractivity contribution is 5.97. The molecular formula is C22H28N3O2+. The predicted octanol–water partition coefficient (Wildman–Crippen LogP) is 1.04. The van der Waals surface area contributed by atoms with Crippen LogP contribution in [0.25, 0.3) is 0 Å². The van der Waals surface area contributed by atoms with Crippen molar-refractivity contribution in [3.8, 4) is 0 Å². The number of benzene rings is 2. The number of nitrogens with one attached hydrogen (secondary N) is 2. The van der Waals surface area contributed by atoms with Crippen LogP contribution in [0.5, 0.6) is 0 Å². The van der Waals surface area contributed by atoms with E-state index in [1.807, 2.05) is 36.1 Å². The summed E-state index contributed by atoms with van der Waals surface area (Å²) in [5.74, 6) is -0.206. The van der Waals surface area contributed by atoms with Crippen LogP contribution in [0.2, 0.25) is 0 Å². The van der Waals surface area contributed by atoms with Gasteiger partial charge in [0.25, 0.3) is 5.91 Å². The maximum Gasteiger partial charge on any atom is 0.251 e. The number of carbonyl (C=O) groups excluding carboxylic acids is 2. The van der Waals surface area contributed by atoms with Crippen molar-refractivity contribution in [2.24, 2.45) is 0 Å². The molecule has 0 saturated carbocycles. The van der Waals surface area contributed by atoms with E-state index in [1.54, 1.807) is 13.0 Å². The van der Waals surface area contributed by atoms with Crippen molar-refractivity contribution < 1.29 is 14.5 Å². The zero-order valence-corrected chi connectivity index (χ0v) is 16.1. The number of piperazine rings is 1. The molecule has 2 amide bonds. The monoisotopic (exact) mass is 366 g/mol. The minimum absolute atomic E-state index is 0.00485. The number of nitrogens with zero attached hydrogens (tertiary/aromatic N) is 1. The Morgan fingerprint density at radius 1 is 1.07 bits per heavy atom. The molecule has 1 aliphatic rings. The summed E-state index contributed by atoms with van der Waals surface area (Å²) >= 11 is 0. The normalized spacial score (nSPS) is 16.0. The zero-order chi connectivity index (χ0) is 19.2. The number of carbonyl (C=O) groups is 2. The fraction of sp³-hybridized carbons (Fsp3) is 0.364. The predicted molar refractivity (Wildman–Crippen MR) is 106 cm³/mol. The third-order valence-electron chi connectivity index (χ3n) is 5.08. The second kappa shape index (κ2) is 8.82. The maximum atomic E-state index is 12.7. The van der Waals surface area contributed by atoms with Crippen LogP contribution in [0.1, 0.15) is 28.4 Å². The molecule has 5 nitrogen and oxygen atoms in total. The molecule has 0 aliphatic carbocycles. The third-order valence-corrected chi connectivity index (χ3v) is 5.08. The lowest BCUT2D eigenvalue weighted by molar-refractivity contribution is -0.917. The summed E-state index contributed by atoms with van der Waals surface area (Å²) in [4.78, 5) is 28.4. The number of hydrogen-bond acceptors (Lipinski definition) is 2. The second-order valence-electron chi connectivity index (χ2n) is 7.30. The average Bonchev–Trinajstić information content (AvgIpc) is 2.69. The molecule has 2 aromatic rings. The Hall–Kier alpha value is -2.66. The Bertz CT molecular complexity index is 783. The minimum Gasteiger partial charge on any atom is -0.341 e. The number of aryl methyl sites for hydroxylation is 1. The second-order valence-corrected chi connectivity index (χ2v) is 7.30. The van der Waals surface area contributed by atoms with Crippen molar-refractivity contribution in [2.75, 3.05) is 26.2 Å². The molecule has 2 N–H and O–H groups in total. The molecule has 27 heavy (non-hydrogen) atoms. The van der Waals surface area contributed by atoms with Crippen LogP contribution in [0.15, 0.2) is 54.6 Å². The highest BCUT2D eigenvalue weighted by atomic mass is 16.2. The van der Waals surface area contributed by atoms with E-state index in [9.17, 15) is 9.59 Å². The highest BCUT2D eigenvalue weighted by Crippen LogP contribution is 2.05. The van der Waals surface area contributed by atoms with E-state index in [0.717, 1.165) is 38.3 Å². The molecule has 1 saturated heterocycles. The minimum atomic E-state index is -0.520. The van der Waals surface area contributed by atoms with Crippen LogP contribution in [-0.2, 0) is 11.3 Å². The SMILES string of the molecule is Cc1cccc(C(=O)N[C@@H](C)C(=O)N2CC[NH+](Cc3ccccc3)CC2)c1. The molecule has 0 unspecified atom stereocenters. The molecule has 0 aromatic heterocycles.